The van der Waals surface area contributed by atoms with Gasteiger partial charge in [-0.15, -0.1) is 5.10 Å². The molecule has 2 aromatic carbocycles. The van der Waals surface area contributed by atoms with E-state index >= 15 is 0 Å². The van der Waals surface area contributed by atoms with E-state index in [-0.39, 0.29) is 12.5 Å². The number of nitrogens with one attached hydrogen (secondary N) is 1. The van der Waals surface area contributed by atoms with E-state index in [0.29, 0.717) is 23.5 Å². The van der Waals surface area contributed by atoms with Crippen molar-refractivity contribution in [2.45, 2.75) is 13.1 Å². The maximum atomic E-state index is 13.3. The van der Waals surface area contributed by atoms with E-state index in [1.54, 1.807) is 4.90 Å². The summed E-state index contributed by atoms with van der Waals surface area (Å²) in [5, 5.41) is 6.78. The van der Waals surface area contributed by atoms with Gasteiger partial charge in [0.05, 0.1) is 12.7 Å². The summed E-state index contributed by atoms with van der Waals surface area (Å²) in [6.07, 6.45) is 0. The van der Waals surface area contributed by atoms with Crippen LogP contribution in [-0.2, 0) is 22.6 Å². The van der Waals surface area contributed by atoms with Crippen LogP contribution in [-0.4, -0.2) is 39.9 Å². The minimum absolute atomic E-state index is 0.191. The Kier molecular flexibility index (Phi) is 5.54. The molecule has 2 heterocycles. The molecule has 4 rings (SSSR count). The minimum atomic E-state index is -0.925. The number of hydrogen-bond donors (Lipinski definition) is 1. The fourth-order valence-corrected chi connectivity index (χ4v) is 3.34. The van der Waals surface area contributed by atoms with E-state index in [4.69, 9.17) is 0 Å². The molecule has 0 fully saturated rings. The number of rotatable bonds is 5. The zero-order chi connectivity index (χ0) is 22.8. The predicted octanol–water partition coefficient (Wildman–Crippen LogP) is 1.12. The number of amides is 1. The van der Waals surface area contributed by atoms with Gasteiger partial charge in [-0.25, -0.2) is 13.9 Å². The van der Waals surface area contributed by atoms with Crippen molar-refractivity contribution in [2.24, 2.45) is 0 Å². The highest BCUT2D eigenvalue weighted by Gasteiger charge is 2.26. The Balaban J connectivity index is 1.56. The fourth-order valence-electron chi connectivity index (χ4n) is 3.34. The van der Waals surface area contributed by atoms with Crippen LogP contribution in [0, 0.1) is 5.82 Å². The predicted molar refractivity (Wildman–Crippen MR) is 113 cm³/mol. The van der Waals surface area contributed by atoms with Crippen LogP contribution in [0.2, 0.25) is 0 Å². The van der Waals surface area contributed by atoms with Gasteiger partial charge in [0.1, 0.15) is 12.4 Å². The van der Waals surface area contributed by atoms with Gasteiger partial charge in [0, 0.05) is 24.5 Å². The summed E-state index contributed by atoms with van der Waals surface area (Å²) in [6, 6.07) is 11.6. The number of fused-ring (bicyclic) bond motifs is 1. The standard InChI is InChI=1S/C21H18FN5O5/c1-32-20(31)13-2-6-15(7-3-13)23-17(28)12-27-19(30)18(29)26-11-10-25(21(26)24-27)16-8-4-14(22)5-9-16/h2-9H,10-12H2,1H3,(H,23,28). The van der Waals surface area contributed by atoms with Crippen LogP contribution in [0.5, 0.6) is 0 Å². The molecule has 0 saturated carbocycles. The summed E-state index contributed by atoms with van der Waals surface area (Å²) >= 11 is 0. The Bertz CT molecular complexity index is 1300. The Hall–Kier alpha value is -4.28. The molecule has 1 aromatic heterocycles. The molecular formula is C21H18FN5O5. The number of benzene rings is 2. The molecule has 32 heavy (non-hydrogen) atoms. The number of carbonyl (C=O) groups is 2. The quantitative estimate of drug-likeness (QED) is 0.468. The molecule has 3 aromatic rings. The van der Waals surface area contributed by atoms with Crippen LogP contribution >= 0.6 is 0 Å². The first-order chi connectivity index (χ1) is 15.4. The second-order valence-corrected chi connectivity index (χ2v) is 6.96. The van der Waals surface area contributed by atoms with Crippen molar-refractivity contribution in [3.8, 4) is 0 Å². The zero-order valence-corrected chi connectivity index (χ0v) is 16.9. The maximum absolute atomic E-state index is 13.3. The van der Waals surface area contributed by atoms with Crippen molar-refractivity contribution in [1.82, 2.24) is 14.3 Å². The topological polar surface area (TPSA) is 116 Å². The van der Waals surface area contributed by atoms with Gasteiger partial charge in [-0.1, -0.05) is 0 Å². The molecule has 1 aliphatic heterocycles. The molecule has 1 N–H and O–H groups in total. The number of halogens is 1. The third kappa shape index (κ3) is 4.00. The summed E-state index contributed by atoms with van der Waals surface area (Å²) in [6.45, 7) is 0.126. The molecule has 164 valence electrons. The number of esters is 1. The first-order valence-corrected chi connectivity index (χ1v) is 9.60. The molecule has 0 spiro atoms. The average Bonchev–Trinajstić information content (AvgIpc) is 3.21. The van der Waals surface area contributed by atoms with E-state index < -0.39 is 35.4 Å². The van der Waals surface area contributed by atoms with E-state index in [1.165, 1.54) is 60.2 Å². The van der Waals surface area contributed by atoms with Crippen molar-refractivity contribution >= 4 is 29.2 Å². The molecule has 0 aliphatic carbocycles. The lowest BCUT2D eigenvalue weighted by atomic mass is 10.2. The molecule has 1 amide bonds. The van der Waals surface area contributed by atoms with Gasteiger partial charge >= 0.3 is 17.1 Å². The van der Waals surface area contributed by atoms with E-state index in [0.717, 1.165) is 4.68 Å². The Morgan fingerprint density at radius 1 is 1.03 bits per heavy atom. The van der Waals surface area contributed by atoms with Gasteiger partial charge in [0.2, 0.25) is 11.9 Å². The lowest BCUT2D eigenvalue weighted by Crippen LogP contribution is -2.44. The summed E-state index contributed by atoms with van der Waals surface area (Å²) in [4.78, 5) is 50.5. The fraction of sp³-hybridized carbons (Fsp3) is 0.190. The third-order valence-corrected chi connectivity index (χ3v) is 4.92. The molecular weight excluding hydrogens is 421 g/mol. The van der Waals surface area contributed by atoms with Crippen LogP contribution < -0.4 is 21.3 Å². The lowest BCUT2D eigenvalue weighted by Gasteiger charge is -2.17. The highest BCUT2D eigenvalue weighted by Crippen LogP contribution is 2.26. The van der Waals surface area contributed by atoms with Crippen LogP contribution in [0.1, 0.15) is 10.4 Å². The van der Waals surface area contributed by atoms with Crippen molar-refractivity contribution in [3.05, 3.63) is 80.6 Å². The number of nitrogens with zero attached hydrogens (tertiary/aromatic N) is 4. The Labute approximate surface area is 180 Å². The van der Waals surface area contributed by atoms with Gasteiger partial charge in [0.25, 0.3) is 0 Å². The van der Waals surface area contributed by atoms with Crippen molar-refractivity contribution in [2.75, 3.05) is 23.9 Å². The number of hydrogen-bond acceptors (Lipinski definition) is 7. The Morgan fingerprint density at radius 2 is 1.72 bits per heavy atom. The van der Waals surface area contributed by atoms with Crippen LogP contribution in [0.15, 0.2) is 58.1 Å². The maximum Gasteiger partial charge on any atom is 0.337 e. The molecule has 0 unspecified atom stereocenters. The summed E-state index contributed by atoms with van der Waals surface area (Å²) in [5.74, 6) is -1.31. The number of methoxy groups -OCH3 is 1. The molecule has 10 nitrogen and oxygen atoms in total. The van der Waals surface area contributed by atoms with Crippen LogP contribution in [0.4, 0.5) is 21.7 Å². The Morgan fingerprint density at radius 3 is 2.38 bits per heavy atom. The van der Waals surface area contributed by atoms with Gasteiger partial charge in [0.15, 0.2) is 0 Å². The smallest absolute Gasteiger partial charge is 0.337 e. The van der Waals surface area contributed by atoms with Crippen molar-refractivity contribution < 1.29 is 18.7 Å². The molecule has 0 atom stereocenters. The molecule has 0 bridgehead atoms. The lowest BCUT2D eigenvalue weighted by molar-refractivity contribution is -0.117. The summed E-state index contributed by atoms with van der Waals surface area (Å²) in [7, 11) is 1.26. The highest BCUT2D eigenvalue weighted by molar-refractivity contribution is 5.92. The second-order valence-electron chi connectivity index (χ2n) is 6.96. The summed E-state index contributed by atoms with van der Waals surface area (Å²) < 4.78 is 19.9. The van der Waals surface area contributed by atoms with E-state index in [2.05, 4.69) is 15.2 Å². The van der Waals surface area contributed by atoms with Gasteiger partial charge in [-0.05, 0) is 48.5 Å². The van der Waals surface area contributed by atoms with Gasteiger partial charge in [-0.2, -0.15) is 0 Å². The second kappa shape index (κ2) is 8.46. The molecule has 1 aliphatic rings. The first-order valence-electron chi connectivity index (χ1n) is 9.60. The highest BCUT2D eigenvalue weighted by atomic mass is 19.1. The van der Waals surface area contributed by atoms with Gasteiger partial charge in [-0.3, -0.25) is 19.0 Å². The SMILES string of the molecule is COC(=O)c1ccc(NC(=O)Cn2nc3n(c(=O)c2=O)CCN3c2ccc(F)cc2)cc1. The van der Waals surface area contributed by atoms with Gasteiger partial charge < -0.3 is 15.0 Å². The monoisotopic (exact) mass is 439 g/mol. The summed E-state index contributed by atoms with van der Waals surface area (Å²) in [5.41, 5.74) is -0.414. The molecule has 0 radical (unpaired) electrons. The van der Waals surface area contributed by atoms with Crippen LogP contribution in [0.25, 0.3) is 0 Å². The zero-order valence-electron chi connectivity index (χ0n) is 16.9. The van der Waals surface area contributed by atoms with Crippen molar-refractivity contribution in [3.63, 3.8) is 0 Å². The number of carbonyl (C=O) groups excluding carboxylic acids is 2. The van der Waals surface area contributed by atoms with E-state index in [9.17, 15) is 23.6 Å². The van der Waals surface area contributed by atoms with E-state index in [1.807, 2.05) is 0 Å². The first kappa shape index (κ1) is 21.0. The molecule has 0 saturated heterocycles. The molecule has 11 heteroatoms. The largest absolute Gasteiger partial charge is 0.465 e. The minimum Gasteiger partial charge on any atom is -0.465 e. The number of anilines is 3. The van der Waals surface area contributed by atoms with Crippen LogP contribution in [0.3, 0.4) is 0 Å². The average molecular weight is 439 g/mol. The number of aromatic nitrogens is 3. The van der Waals surface area contributed by atoms with Crippen molar-refractivity contribution in [1.29, 1.82) is 0 Å². The third-order valence-electron chi connectivity index (χ3n) is 4.92. The number of ether oxygens (including phenoxy) is 1. The normalized spacial score (nSPS) is 12.4.